The van der Waals surface area contributed by atoms with E-state index in [-0.39, 0.29) is 16.0 Å². The molecule has 0 aliphatic carbocycles. The van der Waals surface area contributed by atoms with Crippen LogP contribution < -0.4 is 20.1 Å². The Morgan fingerprint density at radius 1 is 1.12 bits per heavy atom. The minimum atomic E-state index is -0.467. The number of fused-ring (bicyclic) bond motifs is 2. The van der Waals surface area contributed by atoms with Gasteiger partial charge in [0.1, 0.15) is 23.5 Å². The highest BCUT2D eigenvalue weighted by Crippen LogP contribution is 2.37. The van der Waals surface area contributed by atoms with Gasteiger partial charge in [-0.2, -0.15) is 5.26 Å². The van der Waals surface area contributed by atoms with Crippen molar-refractivity contribution in [3.63, 3.8) is 0 Å². The summed E-state index contributed by atoms with van der Waals surface area (Å²) in [6.45, 7) is 8.06. The van der Waals surface area contributed by atoms with Crippen LogP contribution in [0.5, 0.6) is 5.75 Å². The first-order chi connectivity index (χ1) is 16.1. The third kappa shape index (κ3) is 4.63. The molecule has 4 rings (SSSR count). The summed E-state index contributed by atoms with van der Waals surface area (Å²) < 4.78 is 21.0. The lowest BCUT2D eigenvalue weighted by molar-refractivity contribution is 0.102. The topological polar surface area (TPSA) is 99.1 Å². The second kappa shape index (κ2) is 8.88. The number of nitriles is 1. The molecule has 1 unspecified atom stereocenters. The van der Waals surface area contributed by atoms with Gasteiger partial charge in [-0.1, -0.05) is 0 Å². The van der Waals surface area contributed by atoms with Gasteiger partial charge in [-0.25, -0.2) is 9.37 Å². The number of amides is 1. The van der Waals surface area contributed by atoms with E-state index >= 15 is 0 Å². The van der Waals surface area contributed by atoms with Gasteiger partial charge in [0.05, 0.1) is 34.4 Å². The first-order valence-corrected chi connectivity index (χ1v) is 12.2. The summed E-state index contributed by atoms with van der Waals surface area (Å²) in [5.74, 6) is -0.00790. The Morgan fingerprint density at radius 3 is 2.59 bits per heavy atom. The third-order valence-corrected chi connectivity index (χ3v) is 7.59. The average molecular weight is 479 g/mol. The van der Waals surface area contributed by atoms with Gasteiger partial charge in [0, 0.05) is 17.8 Å². The number of aryl methyl sites for hydroxylation is 1. The molecule has 0 bridgehead atoms. The lowest BCUT2D eigenvalue weighted by Crippen LogP contribution is -2.31. The molecule has 1 aliphatic heterocycles. The minimum absolute atomic E-state index is 0.0684. The Bertz CT molecular complexity index is 1330. The summed E-state index contributed by atoms with van der Waals surface area (Å²) in [6, 6.07) is 11.6. The van der Waals surface area contributed by atoms with Crippen LogP contribution in [0, 0.1) is 24.1 Å². The lowest BCUT2D eigenvalue weighted by atomic mass is 10.1. The molecule has 0 saturated heterocycles. The van der Waals surface area contributed by atoms with Crippen LogP contribution in [0.3, 0.4) is 0 Å². The highest BCUT2D eigenvalue weighted by molar-refractivity contribution is 7.93. The van der Waals surface area contributed by atoms with Crippen LogP contribution in [0.25, 0.3) is 0 Å². The number of anilines is 5. The average Bonchev–Trinajstić information content (AvgIpc) is 2.91. The van der Waals surface area contributed by atoms with Gasteiger partial charge in [-0.05, 0) is 58.0 Å². The molecule has 0 fully saturated rings. The van der Waals surface area contributed by atoms with Crippen molar-refractivity contribution in [2.45, 2.75) is 32.4 Å². The molecule has 1 aliphatic rings. The van der Waals surface area contributed by atoms with Gasteiger partial charge in [0.15, 0.2) is 21.7 Å². The summed E-state index contributed by atoms with van der Waals surface area (Å²) in [4.78, 5) is 17.4. The van der Waals surface area contributed by atoms with E-state index in [9.17, 15) is 14.4 Å². The summed E-state index contributed by atoms with van der Waals surface area (Å²) in [5.41, 5.74) is 2.95. The zero-order chi connectivity index (χ0) is 24.6. The van der Waals surface area contributed by atoms with Crippen LogP contribution in [-0.4, -0.2) is 21.9 Å². The molecule has 1 amide bonds. The van der Waals surface area contributed by atoms with Crippen LogP contribution in [0.4, 0.5) is 33.0 Å². The van der Waals surface area contributed by atoms with E-state index in [0.717, 1.165) is 0 Å². The Balaban J connectivity index is 1.70. The first kappa shape index (κ1) is 23.4. The standard InChI is InChI=1S/C25H24FN5O2S/c1-14-10-16(26)19(12-21(14)33-34(5)25(2,3)4)29-18-8-9-28-23-22(18)24(32)31-20-11-15(13-27)6-7-17(20)30-23/h6-12H,1-5H3,(H2-,28,29,30,31,32)/p+1. The quantitative estimate of drug-likeness (QED) is 0.410. The van der Waals surface area contributed by atoms with Crippen LogP contribution in [0.15, 0.2) is 42.6 Å². The van der Waals surface area contributed by atoms with Crippen LogP contribution >= 0.6 is 0 Å². The Labute approximate surface area is 200 Å². The summed E-state index contributed by atoms with van der Waals surface area (Å²) in [5, 5.41) is 18.2. The summed E-state index contributed by atoms with van der Waals surface area (Å²) in [7, 11) is 0. The van der Waals surface area contributed by atoms with E-state index in [1.807, 2.05) is 6.26 Å². The first-order valence-electron chi connectivity index (χ1n) is 10.6. The molecule has 34 heavy (non-hydrogen) atoms. The van der Waals surface area contributed by atoms with E-state index in [1.165, 1.54) is 12.3 Å². The van der Waals surface area contributed by atoms with Gasteiger partial charge in [-0.3, -0.25) is 8.98 Å². The normalized spacial score (nSPS) is 13.4. The molecule has 2 aromatic carbocycles. The summed E-state index contributed by atoms with van der Waals surface area (Å²) >= 11 is -0.403. The van der Waals surface area contributed by atoms with E-state index in [1.54, 1.807) is 37.3 Å². The smallest absolute Gasteiger partial charge is 0.261 e. The number of benzene rings is 2. The number of nitrogens with one attached hydrogen (secondary N) is 3. The second-order valence-corrected chi connectivity index (χ2v) is 11.2. The molecule has 7 nitrogen and oxygen atoms in total. The Kier molecular flexibility index (Phi) is 6.11. The zero-order valence-electron chi connectivity index (χ0n) is 19.5. The van der Waals surface area contributed by atoms with Crippen LogP contribution in [0.1, 0.15) is 42.3 Å². The van der Waals surface area contributed by atoms with Crippen molar-refractivity contribution in [2.75, 3.05) is 22.2 Å². The fraction of sp³-hybridized carbons (Fsp3) is 0.240. The van der Waals surface area contributed by atoms with Crippen molar-refractivity contribution in [1.29, 1.82) is 5.26 Å². The molecule has 0 saturated carbocycles. The summed E-state index contributed by atoms with van der Waals surface area (Å²) in [6.07, 6.45) is 3.53. The zero-order valence-corrected chi connectivity index (χ0v) is 20.4. The van der Waals surface area contributed by atoms with Crippen molar-refractivity contribution in [2.24, 2.45) is 0 Å². The van der Waals surface area contributed by atoms with Gasteiger partial charge in [-0.15, -0.1) is 0 Å². The van der Waals surface area contributed by atoms with Crippen LogP contribution in [-0.2, 0) is 11.2 Å². The van der Waals surface area contributed by atoms with E-state index in [2.05, 4.69) is 47.8 Å². The number of hydrogen-bond acceptors (Lipinski definition) is 6. The maximum atomic E-state index is 14.9. The fourth-order valence-corrected chi connectivity index (χ4v) is 3.97. The SMILES string of the molecule is Cc1cc(F)c(Nc2ccnc3c2C(=O)Nc2cc(C#N)ccc2N3)cc1O[S+](C)C(C)(C)C. The van der Waals surface area contributed by atoms with Gasteiger partial charge in [0.2, 0.25) is 0 Å². The molecule has 1 atom stereocenters. The predicted molar refractivity (Wildman–Crippen MR) is 135 cm³/mol. The Morgan fingerprint density at radius 2 is 1.88 bits per heavy atom. The molecule has 3 N–H and O–H groups in total. The molecule has 2 heterocycles. The molecule has 0 radical (unpaired) electrons. The molecular formula is C25H25FN5O2S+. The largest absolute Gasteiger partial charge is 0.352 e. The predicted octanol–water partition coefficient (Wildman–Crippen LogP) is 5.79. The molecule has 9 heteroatoms. The monoisotopic (exact) mass is 478 g/mol. The van der Waals surface area contributed by atoms with E-state index in [0.29, 0.717) is 39.8 Å². The lowest BCUT2D eigenvalue weighted by Gasteiger charge is -2.18. The van der Waals surface area contributed by atoms with Crippen molar-refractivity contribution in [3.05, 3.63) is 65.1 Å². The minimum Gasteiger partial charge on any atom is -0.352 e. The number of rotatable bonds is 4. The fourth-order valence-electron chi connectivity index (χ4n) is 3.27. The number of carbonyl (C=O) groups excluding carboxylic acids is 1. The van der Waals surface area contributed by atoms with Crippen molar-refractivity contribution >= 4 is 45.7 Å². The Hall–Kier alpha value is -3.77. The molecule has 0 spiro atoms. The molecule has 174 valence electrons. The number of hydrogen-bond donors (Lipinski definition) is 3. The number of nitrogens with zero attached hydrogens (tertiary/aromatic N) is 2. The number of pyridine rings is 1. The van der Waals surface area contributed by atoms with Crippen LogP contribution in [0.2, 0.25) is 0 Å². The molecular weight excluding hydrogens is 453 g/mol. The highest BCUT2D eigenvalue weighted by Gasteiger charge is 2.34. The van der Waals surface area contributed by atoms with Gasteiger partial charge in [0.25, 0.3) is 5.91 Å². The number of aromatic nitrogens is 1. The third-order valence-electron chi connectivity index (χ3n) is 5.44. The highest BCUT2D eigenvalue weighted by atomic mass is 32.2. The van der Waals surface area contributed by atoms with Gasteiger partial charge < -0.3 is 16.0 Å². The second-order valence-electron chi connectivity index (χ2n) is 8.91. The maximum Gasteiger partial charge on any atom is 0.261 e. The number of halogens is 1. The number of carbonyl (C=O) groups is 1. The molecule has 3 aromatic rings. The van der Waals surface area contributed by atoms with Crippen molar-refractivity contribution in [1.82, 2.24) is 4.98 Å². The van der Waals surface area contributed by atoms with E-state index < -0.39 is 22.9 Å². The maximum absolute atomic E-state index is 14.9. The van der Waals surface area contributed by atoms with Crippen molar-refractivity contribution in [3.8, 4) is 11.8 Å². The van der Waals surface area contributed by atoms with Crippen molar-refractivity contribution < 1.29 is 13.4 Å². The van der Waals surface area contributed by atoms with E-state index in [4.69, 9.17) is 4.18 Å². The van der Waals surface area contributed by atoms with Gasteiger partial charge >= 0.3 is 0 Å². The molecule has 1 aromatic heterocycles.